The number of rotatable bonds is 5. The van der Waals surface area contributed by atoms with Crippen molar-refractivity contribution >= 4 is 28.7 Å². The molecule has 2 aromatic carbocycles. The van der Waals surface area contributed by atoms with E-state index >= 15 is 0 Å². The Hall–Kier alpha value is -3.61. The van der Waals surface area contributed by atoms with E-state index in [1.165, 1.54) is 14.2 Å². The average Bonchev–Trinajstić information content (AvgIpc) is 3.11. The lowest BCUT2D eigenvalue weighted by Gasteiger charge is -2.09. The number of carbonyl (C=O) groups excluding carboxylic acids is 2. The molecule has 26 heavy (non-hydrogen) atoms. The van der Waals surface area contributed by atoms with Crippen LogP contribution in [-0.4, -0.2) is 31.1 Å². The number of hydrogen-bond donors (Lipinski definition) is 1. The number of ether oxygens (including phenoxy) is 2. The van der Waals surface area contributed by atoms with Gasteiger partial charge in [-0.25, -0.2) is 14.6 Å². The lowest BCUT2D eigenvalue weighted by atomic mass is 10.2. The number of carbonyl (C=O) groups is 2. The number of aromatic nitrogens is 1. The van der Waals surface area contributed by atoms with Crippen LogP contribution < -0.4 is 5.32 Å². The number of anilines is 1. The normalized spacial score (nSPS) is 11.2. The minimum absolute atomic E-state index is 0.0334. The zero-order valence-electron chi connectivity index (χ0n) is 14.2. The summed E-state index contributed by atoms with van der Waals surface area (Å²) in [6.07, 6.45) is 1.03. The molecular formula is C19H16N2O5. The molecule has 1 aromatic heterocycles. The Morgan fingerprint density at radius 3 is 2.42 bits per heavy atom. The molecule has 0 unspecified atom stereocenters. The summed E-state index contributed by atoms with van der Waals surface area (Å²) in [5.74, 6) is -0.851. The van der Waals surface area contributed by atoms with Crippen LogP contribution in [0.15, 0.2) is 64.7 Å². The van der Waals surface area contributed by atoms with Gasteiger partial charge in [0.25, 0.3) is 0 Å². The van der Waals surface area contributed by atoms with Crippen molar-refractivity contribution in [2.75, 3.05) is 19.5 Å². The predicted molar refractivity (Wildman–Crippen MR) is 95.2 cm³/mol. The molecule has 1 heterocycles. The van der Waals surface area contributed by atoms with Crippen LogP contribution in [0.25, 0.3) is 22.6 Å². The van der Waals surface area contributed by atoms with E-state index in [0.717, 1.165) is 17.2 Å². The number of fused-ring (bicyclic) bond motifs is 1. The summed E-state index contributed by atoms with van der Waals surface area (Å²) in [4.78, 5) is 27.6. The number of oxazole rings is 1. The Labute approximate surface area is 149 Å². The molecule has 0 saturated heterocycles. The summed E-state index contributed by atoms with van der Waals surface area (Å²) >= 11 is 0. The zero-order valence-corrected chi connectivity index (χ0v) is 14.2. The minimum Gasteiger partial charge on any atom is -0.466 e. The van der Waals surface area contributed by atoms with Crippen molar-refractivity contribution in [3.05, 3.63) is 60.3 Å². The maximum atomic E-state index is 11.8. The van der Waals surface area contributed by atoms with Gasteiger partial charge in [0.1, 0.15) is 11.2 Å². The first-order chi connectivity index (χ1) is 12.6. The van der Waals surface area contributed by atoms with Crippen molar-refractivity contribution in [1.29, 1.82) is 0 Å². The molecule has 0 bridgehead atoms. The number of esters is 2. The topological polar surface area (TPSA) is 90.7 Å². The Kier molecular flexibility index (Phi) is 4.98. The van der Waals surface area contributed by atoms with E-state index in [-0.39, 0.29) is 5.70 Å². The van der Waals surface area contributed by atoms with Gasteiger partial charge in [0.15, 0.2) is 5.58 Å². The smallest absolute Gasteiger partial charge is 0.354 e. The summed E-state index contributed by atoms with van der Waals surface area (Å²) in [7, 11) is 2.45. The second-order valence-corrected chi connectivity index (χ2v) is 5.26. The lowest BCUT2D eigenvalue weighted by molar-refractivity contribution is -0.138. The Morgan fingerprint density at radius 2 is 1.77 bits per heavy atom. The minimum atomic E-state index is -0.682. The fourth-order valence-corrected chi connectivity index (χ4v) is 2.28. The third-order valence-corrected chi connectivity index (χ3v) is 3.57. The predicted octanol–water partition coefficient (Wildman–Crippen LogP) is 3.14. The fourth-order valence-electron chi connectivity index (χ4n) is 2.28. The molecule has 7 nitrogen and oxygen atoms in total. The molecular weight excluding hydrogens is 336 g/mol. The summed E-state index contributed by atoms with van der Waals surface area (Å²) in [5, 5.41) is 2.83. The number of nitrogens with zero attached hydrogens (tertiary/aromatic N) is 1. The highest BCUT2D eigenvalue weighted by Gasteiger charge is 2.13. The van der Waals surface area contributed by atoms with Crippen molar-refractivity contribution in [2.24, 2.45) is 0 Å². The van der Waals surface area contributed by atoms with Crippen molar-refractivity contribution in [3.8, 4) is 11.5 Å². The van der Waals surface area contributed by atoms with Crippen molar-refractivity contribution in [1.82, 2.24) is 4.98 Å². The molecule has 132 valence electrons. The van der Waals surface area contributed by atoms with Crippen molar-refractivity contribution in [3.63, 3.8) is 0 Å². The standard InChI is InChI=1S/C19H16N2O5/c1-24-17(22)11-15(19(23)25-2)20-13-9-7-12(8-10-13)18-21-14-5-3-4-6-16(14)26-18/h3-11,20H,1-2H3/b15-11+. The highest BCUT2D eigenvalue weighted by Crippen LogP contribution is 2.25. The Balaban J connectivity index is 1.83. The van der Waals surface area contributed by atoms with Gasteiger partial charge in [-0.2, -0.15) is 0 Å². The third kappa shape index (κ3) is 3.72. The molecule has 7 heteroatoms. The van der Waals surface area contributed by atoms with Gasteiger partial charge in [-0.15, -0.1) is 0 Å². The van der Waals surface area contributed by atoms with Gasteiger partial charge in [0, 0.05) is 11.3 Å². The van der Waals surface area contributed by atoms with Crippen molar-refractivity contribution in [2.45, 2.75) is 0 Å². The maximum Gasteiger partial charge on any atom is 0.354 e. The second kappa shape index (κ2) is 7.52. The molecule has 0 fully saturated rings. The number of para-hydroxylation sites is 2. The van der Waals surface area contributed by atoms with Crippen LogP contribution >= 0.6 is 0 Å². The first-order valence-corrected chi connectivity index (χ1v) is 7.71. The van der Waals surface area contributed by atoms with Crippen LogP contribution in [0.4, 0.5) is 5.69 Å². The Morgan fingerprint density at radius 1 is 1.04 bits per heavy atom. The van der Waals surface area contributed by atoms with Crippen LogP contribution in [0.5, 0.6) is 0 Å². The largest absolute Gasteiger partial charge is 0.466 e. The number of hydrogen-bond acceptors (Lipinski definition) is 7. The van der Waals surface area contributed by atoms with Crippen molar-refractivity contribution < 1.29 is 23.5 Å². The third-order valence-electron chi connectivity index (χ3n) is 3.57. The lowest BCUT2D eigenvalue weighted by Crippen LogP contribution is -2.15. The molecule has 3 rings (SSSR count). The van der Waals surface area contributed by atoms with Gasteiger partial charge >= 0.3 is 11.9 Å². The summed E-state index contributed by atoms with van der Waals surface area (Å²) in [6.45, 7) is 0. The quantitative estimate of drug-likeness (QED) is 0.557. The highest BCUT2D eigenvalue weighted by molar-refractivity contribution is 5.98. The zero-order chi connectivity index (χ0) is 18.5. The van der Waals surface area contributed by atoms with E-state index in [1.807, 2.05) is 24.3 Å². The van der Waals surface area contributed by atoms with Crippen LogP contribution in [0.1, 0.15) is 0 Å². The first kappa shape index (κ1) is 17.2. The summed E-state index contributed by atoms with van der Waals surface area (Å²) < 4.78 is 14.9. The van der Waals surface area contributed by atoms with Crippen LogP contribution in [0.3, 0.4) is 0 Å². The second-order valence-electron chi connectivity index (χ2n) is 5.26. The number of methoxy groups -OCH3 is 2. The van der Waals surface area contributed by atoms with Gasteiger partial charge in [-0.1, -0.05) is 12.1 Å². The van der Waals surface area contributed by atoms with Crippen LogP contribution in [0.2, 0.25) is 0 Å². The Bertz CT molecular complexity index is 940. The molecule has 0 radical (unpaired) electrons. The molecule has 0 atom stereocenters. The van der Waals surface area contributed by atoms with Gasteiger partial charge in [-0.05, 0) is 36.4 Å². The van der Waals surface area contributed by atoms with Gasteiger partial charge < -0.3 is 19.2 Å². The van der Waals surface area contributed by atoms with E-state index < -0.39 is 11.9 Å². The molecule has 0 aliphatic heterocycles. The average molecular weight is 352 g/mol. The van der Waals surface area contributed by atoms with E-state index in [0.29, 0.717) is 17.2 Å². The van der Waals surface area contributed by atoms with Gasteiger partial charge in [0.05, 0.1) is 20.3 Å². The van der Waals surface area contributed by atoms with Crippen LogP contribution in [0, 0.1) is 0 Å². The number of nitrogens with one attached hydrogen (secondary N) is 1. The van der Waals surface area contributed by atoms with E-state index in [9.17, 15) is 9.59 Å². The number of benzene rings is 2. The summed E-state index contributed by atoms with van der Waals surface area (Å²) in [5.41, 5.74) is 2.82. The summed E-state index contributed by atoms with van der Waals surface area (Å²) in [6, 6.07) is 14.5. The maximum absolute atomic E-state index is 11.8. The van der Waals surface area contributed by atoms with Gasteiger partial charge in [-0.3, -0.25) is 0 Å². The van der Waals surface area contributed by atoms with Gasteiger partial charge in [0.2, 0.25) is 5.89 Å². The molecule has 1 N–H and O–H groups in total. The monoisotopic (exact) mass is 352 g/mol. The fraction of sp³-hybridized carbons (Fsp3) is 0.105. The molecule has 0 spiro atoms. The molecule has 0 saturated carbocycles. The van der Waals surface area contributed by atoms with Crippen LogP contribution in [-0.2, 0) is 19.1 Å². The first-order valence-electron chi connectivity index (χ1n) is 7.71. The van der Waals surface area contributed by atoms with E-state index in [4.69, 9.17) is 4.42 Å². The molecule has 0 aliphatic carbocycles. The highest BCUT2D eigenvalue weighted by atomic mass is 16.5. The van der Waals surface area contributed by atoms with E-state index in [2.05, 4.69) is 19.8 Å². The van der Waals surface area contributed by atoms with E-state index in [1.54, 1.807) is 24.3 Å². The molecule has 3 aromatic rings. The molecule has 0 aliphatic rings. The SMILES string of the molecule is COC(=O)/C=C(/Nc1ccc(-c2nc3ccccc3o2)cc1)C(=O)OC. The molecule has 0 amide bonds.